The summed E-state index contributed by atoms with van der Waals surface area (Å²) >= 11 is 1.17. The maximum atomic E-state index is 12.2. The summed E-state index contributed by atoms with van der Waals surface area (Å²) in [6, 6.07) is 0.154. The van der Waals surface area contributed by atoms with E-state index in [9.17, 15) is 4.79 Å². The zero-order valence-electron chi connectivity index (χ0n) is 10.7. The van der Waals surface area contributed by atoms with Gasteiger partial charge in [-0.25, -0.2) is 4.98 Å². The first-order valence-corrected chi connectivity index (χ1v) is 7.17. The van der Waals surface area contributed by atoms with Gasteiger partial charge in [-0.15, -0.1) is 5.10 Å². The molecule has 6 nitrogen and oxygen atoms in total. The monoisotopic (exact) mass is 277 g/mol. The van der Waals surface area contributed by atoms with E-state index in [-0.39, 0.29) is 11.9 Å². The third-order valence-electron chi connectivity index (χ3n) is 3.37. The molecule has 0 aliphatic carbocycles. The van der Waals surface area contributed by atoms with Gasteiger partial charge in [-0.2, -0.15) is 0 Å². The largest absolute Gasteiger partial charge is 0.347 e. The number of rotatable bonds is 3. The molecule has 0 radical (unpaired) electrons. The van der Waals surface area contributed by atoms with E-state index in [4.69, 9.17) is 0 Å². The fraction of sp³-hybridized carbons (Fsp3) is 0.500. The molecule has 0 saturated carbocycles. The van der Waals surface area contributed by atoms with Crippen LogP contribution in [-0.4, -0.2) is 31.1 Å². The molecule has 1 atom stereocenters. The van der Waals surface area contributed by atoms with Crippen LogP contribution in [0, 0.1) is 0 Å². The highest BCUT2D eigenvalue weighted by Gasteiger charge is 2.23. The van der Waals surface area contributed by atoms with Crippen LogP contribution in [0.5, 0.6) is 0 Å². The third kappa shape index (κ3) is 2.37. The van der Waals surface area contributed by atoms with E-state index in [0.717, 1.165) is 37.3 Å². The Morgan fingerprint density at radius 2 is 2.53 bits per heavy atom. The lowest BCUT2D eigenvalue weighted by atomic mass is 10.1. The average molecular weight is 277 g/mol. The number of amides is 1. The number of hydrogen-bond donors (Lipinski definition) is 1. The van der Waals surface area contributed by atoms with Crippen molar-refractivity contribution in [3.63, 3.8) is 0 Å². The molecule has 1 aliphatic rings. The van der Waals surface area contributed by atoms with Crippen molar-refractivity contribution in [2.75, 3.05) is 0 Å². The van der Waals surface area contributed by atoms with Gasteiger partial charge < -0.3 is 9.88 Å². The Kier molecular flexibility index (Phi) is 3.29. The van der Waals surface area contributed by atoms with Crippen LogP contribution in [0.3, 0.4) is 0 Å². The minimum Gasteiger partial charge on any atom is -0.347 e. The minimum atomic E-state index is -0.0552. The van der Waals surface area contributed by atoms with Crippen LogP contribution in [0.4, 0.5) is 0 Å². The van der Waals surface area contributed by atoms with Crippen molar-refractivity contribution in [1.29, 1.82) is 0 Å². The number of nitrogens with one attached hydrogen (secondary N) is 1. The van der Waals surface area contributed by atoms with Gasteiger partial charge in [0.1, 0.15) is 10.7 Å². The van der Waals surface area contributed by atoms with Gasteiger partial charge in [0, 0.05) is 31.4 Å². The first-order valence-electron chi connectivity index (χ1n) is 6.40. The summed E-state index contributed by atoms with van der Waals surface area (Å²) in [6.45, 7) is 2.76. The van der Waals surface area contributed by atoms with Crippen molar-refractivity contribution in [2.24, 2.45) is 0 Å². The number of carbonyl (C=O) groups is 1. The van der Waals surface area contributed by atoms with Crippen LogP contribution < -0.4 is 5.32 Å². The van der Waals surface area contributed by atoms with Crippen LogP contribution in [0.15, 0.2) is 12.4 Å². The second-order valence-electron chi connectivity index (χ2n) is 4.61. The van der Waals surface area contributed by atoms with Gasteiger partial charge in [0.15, 0.2) is 0 Å². The molecule has 3 heterocycles. The van der Waals surface area contributed by atoms with Crippen LogP contribution >= 0.6 is 11.5 Å². The summed E-state index contributed by atoms with van der Waals surface area (Å²) in [4.78, 5) is 17.1. The SMILES string of the molecule is CCc1nnsc1C(=O)N[C@H]1CCc2nccn2C1. The van der Waals surface area contributed by atoms with Gasteiger partial charge in [-0.3, -0.25) is 4.79 Å². The van der Waals surface area contributed by atoms with Crippen molar-refractivity contribution in [3.05, 3.63) is 28.8 Å². The number of carbonyl (C=O) groups excluding carboxylic acids is 1. The predicted molar refractivity (Wildman–Crippen MR) is 71.1 cm³/mol. The number of imidazole rings is 1. The van der Waals surface area contributed by atoms with E-state index in [1.807, 2.05) is 19.3 Å². The predicted octanol–water partition coefficient (Wildman–Crippen LogP) is 1.04. The second kappa shape index (κ2) is 5.08. The molecule has 0 aromatic carbocycles. The van der Waals surface area contributed by atoms with E-state index in [0.29, 0.717) is 4.88 Å². The minimum absolute atomic E-state index is 0.0552. The molecule has 0 fully saturated rings. The van der Waals surface area contributed by atoms with E-state index in [1.54, 1.807) is 0 Å². The lowest BCUT2D eigenvalue weighted by molar-refractivity contribution is 0.0930. The van der Waals surface area contributed by atoms with Gasteiger partial charge in [0.05, 0.1) is 5.69 Å². The molecule has 0 unspecified atom stereocenters. The van der Waals surface area contributed by atoms with Crippen molar-refractivity contribution >= 4 is 17.4 Å². The summed E-state index contributed by atoms with van der Waals surface area (Å²) < 4.78 is 5.95. The summed E-state index contributed by atoms with van der Waals surface area (Å²) in [5.74, 6) is 1.04. The Labute approximate surface area is 115 Å². The van der Waals surface area contributed by atoms with Gasteiger partial charge in [-0.05, 0) is 24.4 Å². The van der Waals surface area contributed by atoms with Gasteiger partial charge in [0.2, 0.25) is 0 Å². The molecule has 1 amide bonds. The molecule has 0 saturated heterocycles. The molecule has 1 aliphatic heterocycles. The molecule has 1 N–H and O–H groups in total. The topological polar surface area (TPSA) is 72.7 Å². The summed E-state index contributed by atoms with van der Waals surface area (Å²) in [5, 5.41) is 7.04. The summed E-state index contributed by atoms with van der Waals surface area (Å²) in [5.41, 5.74) is 0.779. The zero-order valence-corrected chi connectivity index (χ0v) is 11.5. The van der Waals surface area contributed by atoms with E-state index in [1.165, 1.54) is 11.5 Å². The normalized spacial score (nSPS) is 18.1. The lowest BCUT2D eigenvalue weighted by Crippen LogP contribution is -2.40. The third-order valence-corrected chi connectivity index (χ3v) is 4.13. The maximum absolute atomic E-state index is 12.2. The summed E-state index contributed by atoms with van der Waals surface area (Å²) in [7, 11) is 0. The molecule has 0 bridgehead atoms. The van der Waals surface area contributed by atoms with Crippen molar-refractivity contribution < 1.29 is 4.79 Å². The molecule has 0 spiro atoms. The zero-order chi connectivity index (χ0) is 13.2. The van der Waals surface area contributed by atoms with Crippen molar-refractivity contribution in [3.8, 4) is 0 Å². The quantitative estimate of drug-likeness (QED) is 0.910. The number of aromatic nitrogens is 4. The van der Waals surface area contributed by atoms with Crippen LogP contribution in [0.1, 0.15) is 34.5 Å². The second-order valence-corrected chi connectivity index (χ2v) is 5.36. The standard InChI is InChI=1S/C12H15N5OS/c1-2-9-11(19-16-15-9)12(18)14-8-3-4-10-13-5-6-17(10)7-8/h5-6,8H,2-4,7H2,1H3,(H,14,18)/t8-/m0/s1. The summed E-state index contributed by atoms with van der Waals surface area (Å²) in [6.07, 6.45) is 6.33. The Morgan fingerprint density at radius 1 is 1.63 bits per heavy atom. The fourth-order valence-electron chi connectivity index (χ4n) is 2.35. The Bertz CT molecular complexity index is 590. The number of hydrogen-bond acceptors (Lipinski definition) is 5. The van der Waals surface area contributed by atoms with Crippen molar-refractivity contribution in [1.82, 2.24) is 24.5 Å². The molecule has 7 heteroatoms. The van der Waals surface area contributed by atoms with E-state index in [2.05, 4.69) is 24.5 Å². The van der Waals surface area contributed by atoms with Gasteiger partial charge in [0.25, 0.3) is 5.91 Å². The van der Waals surface area contributed by atoms with Crippen LogP contribution in [-0.2, 0) is 19.4 Å². The molecule has 100 valence electrons. The molecule has 3 rings (SSSR count). The van der Waals surface area contributed by atoms with Gasteiger partial charge in [-0.1, -0.05) is 11.4 Å². The van der Waals surface area contributed by atoms with E-state index >= 15 is 0 Å². The molecular weight excluding hydrogens is 262 g/mol. The number of nitrogens with zero attached hydrogens (tertiary/aromatic N) is 4. The highest BCUT2D eigenvalue weighted by Crippen LogP contribution is 2.15. The van der Waals surface area contributed by atoms with Crippen LogP contribution in [0.25, 0.3) is 0 Å². The highest BCUT2D eigenvalue weighted by atomic mass is 32.1. The Hall–Kier alpha value is -1.76. The Balaban J connectivity index is 1.68. The number of aryl methyl sites for hydroxylation is 2. The van der Waals surface area contributed by atoms with Gasteiger partial charge >= 0.3 is 0 Å². The molecule has 2 aromatic heterocycles. The first kappa shape index (κ1) is 12.3. The highest BCUT2D eigenvalue weighted by molar-refractivity contribution is 7.08. The molecule has 19 heavy (non-hydrogen) atoms. The Morgan fingerprint density at radius 3 is 3.37 bits per heavy atom. The molecule has 2 aromatic rings. The fourth-order valence-corrected chi connectivity index (χ4v) is 3.00. The van der Waals surface area contributed by atoms with Crippen molar-refractivity contribution in [2.45, 2.75) is 38.8 Å². The first-order chi connectivity index (χ1) is 9.28. The van der Waals surface area contributed by atoms with E-state index < -0.39 is 0 Å². The average Bonchev–Trinajstić information content (AvgIpc) is 3.06. The number of fused-ring (bicyclic) bond motifs is 1. The lowest BCUT2D eigenvalue weighted by Gasteiger charge is -2.24. The smallest absolute Gasteiger partial charge is 0.265 e. The van der Waals surface area contributed by atoms with Crippen LogP contribution in [0.2, 0.25) is 0 Å². The molecular formula is C12H15N5OS. The maximum Gasteiger partial charge on any atom is 0.265 e.